The molecule has 0 bridgehead atoms. The molecule has 8 nitrogen and oxygen atoms in total. The van der Waals surface area contributed by atoms with Crippen molar-refractivity contribution in [3.63, 3.8) is 0 Å². The van der Waals surface area contributed by atoms with Crippen LogP contribution in [0.15, 0.2) is 48.9 Å². The monoisotopic (exact) mass is 386 g/mol. The minimum Gasteiger partial charge on any atom is -0.384 e. The quantitative estimate of drug-likeness (QED) is 0.569. The second-order valence-corrected chi connectivity index (χ2v) is 7.50. The Hall–Kier alpha value is -3.68. The fourth-order valence-corrected chi connectivity index (χ4v) is 3.93. The average Bonchev–Trinajstić information content (AvgIpc) is 3.29. The molecule has 4 heterocycles. The molecule has 1 aliphatic rings. The Balaban J connectivity index is 1.74. The zero-order valence-corrected chi connectivity index (χ0v) is 16.6. The van der Waals surface area contributed by atoms with E-state index in [0.717, 1.165) is 46.4 Å². The number of nitrogen functional groups attached to an aromatic ring is 1. The highest BCUT2D eigenvalue weighted by Gasteiger charge is 2.29. The summed E-state index contributed by atoms with van der Waals surface area (Å²) < 4.78 is 3.98. The first-order valence-electron chi connectivity index (χ1n) is 9.55. The number of hydrogen-bond acceptors (Lipinski definition) is 6. The van der Waals surface area contributed by atoms with Gasteiger partial charge in [-0.15, -0.1) is 10.2 Å². The van der Waals surface area contributed by atoms with Gasteiger partial charge in [-0.05, 0) is 36.8 Å². The average molecular weight is 386 g/mol. The van der Waals surface area contributed by atoms with Gasteiger partial charge in [-0.3, -0.25) is 9.25 Å². The van der Waals surface area contributed by atoms with Gasteiger partial charge in [0.15, 0.2) is 0 Å². The highest BCUT2D eigenvalue weighted by Crippen LogP contribution is 2.40. The normalized spacial score (nSPS) is 15.7. The SMILES string of the molecule is Cc1nnc2n1-c1ccc(-c3ccc(N)nc3)cc1N(c1cnn(C)c1)CC2C. The van der Waals surface area contributed by atoms with Crippen LogP contribution >= 0.6 is 0 Å². The molecule has 2 N–H and O–H groups in total. The molecule has 0 spiro atoms. The van der Waals surface area contributed by atoms with Crippen molar-refractivity contribution in [3.8, 4) is 16.8 Å². The molecule has 1 aromatic carbocycles. The second kappa shape index (κ2) is 6.44. The zero-order valence-electron chi connectivity index (χ0n) is 16.6. The van der Waals surface area contributed by atoms with Crippen LogP contribution in [0.1, 0.15) is 24.5 Å². The number of benzene rings is 1. The summed E-state index contributed by atoms with van der Waals surface area (Å²) in [6.45, 7) is 4.95. The number of nitrogens with two attached hydrogens (primary N) is 1. The number of nitrogens with zero attached hydrogens (tertiary/aromatic N) is 7. The summed E-state index contributed by atoms with van der Waals surface area (Å²) in [5.41, 5.74) is 11.0. The lowest BCUT2D eigenvalue weighted by Gasteiger charge is -2.25. The number of aromatic nitrogens is 6. The Labute approximate surface area is 168 Å². The van der Waals surface area contributed by atoms with E-state index in [9.17, 15) is 0 Å². The first-order valence-corrected chi connectivity index (χ1v) is 9.55. The molecule has 0 saturated heterocycles. The number of aryl methyl sites for hydroxylation is 2. The van der Waals surface area contributed by atoms with Crippen molar-refractivity contribution in [2.45, 2.75) is 19.8 Å². The van der Waals surface area contributed by atoms with Gasteiger partial charge in [-0.25, -0.2) is 4.98 Å². The molecular formula is C21H22N8. The van der Waals surface area contributed by atoms with Gasteiger partial charge in [0.1, 0.15) is 17.5 Å². The van der Waals surface area contributed by atoms with Crippen LogP contribution in [0.3, 0.4) is 0 Å². The third kappa shape index (κ3) is 2.84. The number of pyridine rings is 1. The third-order valence-electron chi connectivity index (χ3n) is 5.38. The van der Waals surface area contributed by atoms with E-state index in [1.54, 1.807) is 6.20 Å². The lowest BCUT2D eigenvalue weighted by Crippen LogP contribution is -2.21. The summed E-state index contributed by atoms with van der Waals surface area (Å²) in [7, 11) is 1.93. The smallest absolute Gasteiger partial charge is 0.142 e. The van der Waals surface area contributed by atoms with E-state index in [1.807, 2.05) is 43.2 Å². The number of rotatable bonds is 2. The molecule has 0 amide bonds. The first kappa shape index (κ1) is 17.4. The summed E-state index contributed by atoms with van der Waals surface area (Å²) in [6, 6.07) is 10.2. The third-order valence-corrected chi connectivity index (χ3v) is 5.38. The molecule has 0 saturated carbocycles. The van der Waals surface area contributed by atoms with Gasteiger partial charge >= 0.3 is 0 Å². The summed E-state index contributed by atoms with van der Waals surface area (Å²) in [5, 5.41) is 13.2. The van der Waals surface area contributed by atoms with Crippen LogP contribution in [0, 0.1) is 6.92 Å². The van der Waals surface area contributed by atoms with E-state index < -0.39 is 0 Å². The van der Waals surface area contributed by atoms with Gasteiger partial charge in [-0.1, -0.05) is 13.0 Å². The summed E-state index contributed by atoms with van der Waals surface area (Å²) >= 11 is 0. The second-order valence-electron chi connectivity index (χ2n) is 7.50. The van der Waals surface area contributed by atoms with E-state index in [1.165, 1.54) is 0 Å². The highest BCUT2D eigenvalue weighted by molar-refractivity contribution is 5.79. The molecule has 1 atom stereocenters. The predicted octanol–water partition coefficient (Wildman–Crippen LogP) is 3.21. The topological polar surface area (TPSA) is 90.7 Å². The van der Waals surface area contributed by atoms with Crippen molar-refractivity contribution < 1.29 is 0 Å². The van der Waals surface area contributed by atoms with Crippen molar-refractivity contribution in [1.82, 2.24) is 29.5 Å². The Morgan fingerprint density at radius 2 is 1.86 bits per heavy atom. The zero-order chi connectivity index (χ0) is 20.1. The lowest BCUT2D eigenvalue weighted by molar-refractivity contribution is 0.695. The van der Waals surface area contributed by atoms with Crippen molar-refractivity contribution in [3.05, 3.63) is 60.6 Å². The van der Waals surface area contributed by atoms with Crippen LogP contribution < -0.4 is 10.6 Å². The minimum absolute atomic E-state index is 0.199. The maximum Gasteiger partial charge on any atom is 0.142 e. The van der Waals surface area contributed by atoms with Crippen molar-refractivity contribution in [2.75, 3.05) is 17.2 Å². The van der Waals surface area contributed by atoms with Crippen molar-refractivity contribution >= 4 is 17.2 Å². The van der Waals surface area contributed by atoms with Crippen LogP contribution in [0.5, 0.6) is 0 Å². The molecule has 29 heavy (non-hydrogen) atoms. The fourth-order valence-electron chi connectivity index (χ4n) is 3.93. The van der Waals surface area contributed by atoms with E-state index in [-0.39, 0.29) is 5.92 Å². The van der Waals surface area contributed by atoms with Gasteiger partial charge in [0.2, 0.25) is 0 Å². The van der Waals surface area contributed by atoms with Gasteiger partial charge in [-0.2, -0.15) is 5.10 Å². The fraction of sp³-hybridized carbons (Fsp3) is 0.238. The maximum absolute atomic E-state index is 5.76. The van der Waals surface area contributed by atoms with Crippen molar-refractivity contribution in [1.29, 1.82) is 0 Å². The molecule has 3 aromatic heterocycles. The van der Waals surface area contributed by atoms with E-state index in [2.05, 4.69) is 54.9 Å². The molecule has 1 aliphatic heterocycles. The number of anilines is 3. The molecular weight excluding hydrogens is 364 g/mol. The molecule has 0 fully saturated rings. The van der Waals surface area contributed by atoms with Crippen LogP contribution in [0.4, 0.5) is 17.2 Å². The lowest BCUT2D eigenvalue weighted by atomic mass is 10.0. The Bertz CT molecular complexity index is 1190. The van der Waals surface area contributed by atoms with Gasteiger partial charge in [0.25, 0.3) is 0 Å². The molecule has 146 valence electrons. The van der Waals surface area contributed by atoms with Crippen LogP contribution in [0.2, 0.25) is 0 Å². The summed E-state index contributed by atoms with van der Waals surface area (Å²) in [5.74, 6) is 2.56. The van der Waals surface area contributed by atoms with Gasteiger partial charge < -0.3 is 10.6 Å². The largest absolute Gasteiger partial charge is 0.384 e. The van der Waals surface area contributed by atoms with Crippen LogP contribution in [-0.4, -0.2) is 36.1 Å². The molecule has 1 unspecified atom stereocenters. The predicted molar refractivity (Wildman–Crippen MR) is 112 cm³/mol. The first-order chi connectivity index (χ1) is 14.0. The summed E-state index contributed by atoms with van der Waals surface area (Å²) in [4.78, 5) is 6.55. The Kier molecular flexibility index (Phi) is 3.87. The molecule has 5 rings (SSSR count). The molecule has 0 aliphatic carbocycles. The van der Waals surface area contributed by atoms with Crippen molar-refractivity contribution in [2.24, 2.45) is 7.05 Å². The molecule has 0 radical (unpaired) electrons. The van der Waals surface area contributed by atoms with E-state index in [0.29, 0.717) is 5.82 Å². The maximum atomic E-state index is 5.76. The van der Waals surface area contributed by atoms with E-state index >= 15 is 0 Å². The minimum atomic E-state index is 0.199. The number of fused-ring (bicyclic) bond motifs is 3. The molecule has 8 heteroatoms. The summed E-state index contributed by atoms with van der Waals surface area (Å²) in [6.07, 6.45) is 5.74. The highest BCUT2D eigenvalue weighted by atomic mass is 15.3. The van der Waals surface area contributed by atoms with Crippen LogP contribution in [-0.2, 0) is 7.05 Å². The Morgan fingerprint density at radius 1 is 1.03 bits per heavy atom. The van der Waals surface area contributed by atoms with Gasteiger partial charge in [0.05, 0.1) is 23.3 Å². The Morgan fingerprint density at radius 3 is 2.59 bits per heavy atom. The van der Waals surface area contributed by atoms with E-state index in [4.69, 9.17) is 5.73 Å². The van der Waals surface area contributed by atoms with Gasteiger partial charge in [0, 0.05) is 37.5 Å². The van der Waals surface area contributed by atoms with Crippen LogP contribution in [0.25, 0.3) is 16.8 Å². The molecule has 4 aromatic rings. The standard InChI is InChI=1S/C21H22N8/c1-13-11-28(17-10-24-27(3)12-17)19-8-15(16-5-7-20(22)23-9-16)4-6-18(19)29-14(2)25-26-21(13)29/h4-10,12-13H,11H2,1-3H3,(H2,22,23). The number of hydrogen-bond donors (Lipinski definition) is 1.